The van der Waals surface area contributed by atoms with Crippen LogP contribution in [0.25, 0.3) is 0 Å². The molecule has 1 aromatic heterocycles. The number of benzene rings is 3. The van der Waals surface area contributed by atoms with Crippen molar-refractivity contribution >= 4 is 23.7 Å². The van der Waals surface area contributed by atoms with E-state index in [4.69, 9.17) is 24.7 Å². The van der Waals surface area contributed by atoms with Crippen molar-refractivity contribution in [3.63, 3.8) is 0 Å². The average molecular weight is 570 g/mol. The zero-order valence-electron chi connectivity index (χ0n) is 22.5. The molecule has 0 amide bonds. The third-order valence-electron chi connectivity index (χ3n) is 6.75. The number of aromatic nitrogens is 2. The average Bonchev–Trinajstić information content (AvgIpc) is 3.27. The van der Waals surface area contributed by atoms with Crippen molar-refractivity contribution in [2.75, 3.05) is 12.3 Å². The van der Waals surface area contributed by atoms with Gasteiger partial charge in [0.05, 0.1) is 16.7 Å². The number of anilines is 1. The van der Waals surface area contributed by atoms with Crippen LogP contribution in [-0.2, 0) is 18.9 Å². The molecule has 5 rings (SSSR count). The second-order valence-electron chi connectivity index (χ2n) is 9.66. The summed E-state index contributed by atoms with van der Waals surface area (Å²) in [7, 11) is 0. The molecular weight excluding hydrogens is 542 g/mol. The van der Waals surface area contributed by atoms with Crippen LogP contribution in [-0.4, -0.2) is 51.9 Å². The van der Waals surface area contributed by atoms with Crippen molar-refractivity contribution in [3.8, 4) is 0 Å². The van der Waals surface area contributed by atoms with Gasteiger partial charge >= 0.3 is 23.6 Å². The van der Waals surface area contributed by atoms with Gasteiger partial charge in [0, 0.05) is 6.20 Å². The Kier molecular flexibility index (Phi) is 8.12. The van der Waals surface area contributed by atoms with Crippen molar-refractivity contribution < 1.29 is 33.3 Å². The number of esters is 3. The normalized spacial score (nSPS) is 21.3. The van der Waals surface area contributed by atoms with Crippen LogP contribution in [0.5, 0.6) is 0 Å². The highest BCUT2D eigenvalue weighted by Crippen LogP contribution is 2.43. The Balaban J connectivity index is 1.54. The maximum atomic E-state index is 13.4. The number of hydrogen-bond donors (Lipinski definition) is 1. The van der Waals surface area contributed by atoms with Gasteiger partial charge in [-0.15, -0.1) is 0 Å². The molecule has 0 aliphatic carbocycles. The minimum Gasteiger partial charge on any atom is -0.459 e. The fourth-order valence-corrected chi connectivity index (χ4v) is 4.66. The van der Waals surface area contributed by atoms with Crippen LogP contribution in [0.3, 0.4) is 0 Å². The van der Waals surface area contributed by atoms with Crippen LogP contribution >= 0.6 is 0 Å². The number of rotatable bonds is 8. The summed E-state index contributed by atoms with van der Waals surface area (Å²) in [6.45, 7) is 1.08. The molecule has 42 heavy (non-hydrogen) atoms. The summed E-state index contributed by atoms with van der Waals surface area (Å²) < 4.78 is 24.7. The molecule has 4 atom stereocenters. The maximum Gasteiger partial charge on any atom is 0.351 e. The van der Waals surface area contributed by atoms with Crippen LogP contribution in [0.2, 0.25) is 0 Å². The molecule has 0 unspecified atom stereocenters. The summed E-state index contributed by atoms with van der Waals surface area (Å²) in [5.74, 6) is -2.18. The van der Waals surface area contributed by atoms with E-state index in [1.54, 1.807) is 91.0 Å². The fraction of sp³-hybridized carbons (Fsp3) is 0.194. The van der Waals surface area contributed by atoms with Crippen LogP contribution in [0.15, 0.2) is 108 Å². The van der Waals surface area contributed by atoms with Crippen LogP contribution in [0.1, 0.15) is 44.2 Å². The summed E-state index contributed by atoms with van der Waals surface area (Å²) in [4.78, 5) is 56.1. The summed E-state index contributed by atoms with van der Waals surface area (Å²) in [5, 5.41) is 0. The lowest BCUT2D eigenvalue weighted by atomic mass is 9.95. The molecule has 3 aromatic carbocycles. The zero-order chi connectivity index (χ0) is 29.7. The molecule has 2 N–H and O–H groups in total. The molecule has 1 aliphatic rings. The Morgan fingerprint density at radius 2 is 1.36 bits per heavy atom. The van der Waals surface area contributed by atoms with E-state index in [0.717, 1.165) is 4.57 Å². The Morgan fingerprint density at radius 3 is 1.90 bits per heavy atom. The quantitative estimate of drug-likeness (QED) is 0.247. The first-order valence-electron chi connectivity index (χ1n) is 13.0. The van der Waals surface area contributed by atoms with Gasteiger partial charge in [0.25, 0.3) is 0 Å². The highest BCUT2D eigenvalue weighted by Gasteiger charge is 2.60. The third-order valence-corrected chi connectivity index (χ3v) is 6.75. The number of nitrogens with zero attached hydrogens (tertiary/aromatic N) is 2. The number of hydrogen-bond acceptors (Lipinski definition) is 10. The SMILES string of the molecule is C[C@@]1(OC(=O)c2ccccc2)[C@@H](OC(=O)c2ccccc2)[C@@H](COC(=O)c2ccccc2)O[C@H]1n1ccc(N)nc1=O. The lowest BCUT2D eigenvalue weighted by Gasteiger charge is -2.34. The number of carbonyl (C=O) groups excluding carboxylic acids is 3. The number of ether oxygens (including phenoxy) is 4. The predicted octanol–water partition coefficient (Wildman–Crippen LogP) is 3.42. The van der Waals surface area contributed by atoms with Gasteiger partial charge in [0.15, 0.2) is 17.9 Å². The monoisotopic (exact) mass is 569 g/mol. The van der Waals surface area contributed by atoms with E-state index in [0.29, 0.717) is 5.56 Å². The van der Waals surface area contributed by atoms with Crippen molar-refractivity contribution in [3.05, 3.63) is 130 Å². The highest BCUT2D eigenvalue weighted by atomic mass is 16.7. The summed E-state index contributed by atoms with van der Waals surface area (Å²) in [5.41, 5.74) is 3.83. The van der Waals surface area contributed by atoms with Crippen molar-refractivity contribution in [2.24, 2.45) is 0 Å². The van der Waals surface area contributed by atoms with E-state index < -0.39 is 54.2 Å². The lowest BCUT2D eigenvalue weighted by molar-refractivity contribution is -0.111. The summed E-state index contributed by atoms with van der Waals surface area (Å²) >= 11 is 0. The molecule has 1 fully saturated rings. The van der Waals surface area contributed by atoms with Crippen molar-refractivity contribution in [1.82, 2.24) is 9.55 Å². The van der Waals surface area contributed by atoms with Gasteiger partial charge < -0.3 is 24.7 Å². The van der Waals surface area contributed by atoms with Gasteiger partial charge in [-0.1, -0.05) is 54.6 Å². The minimum absolute atomic E-state index is 0.0300. The fourth-order valence-electron chi connectivity index (χ4n) is 4.66. The molecule has 1 saturated heterocycles. The Labute approximate surface area is 240 Å². The Morgan fingerprint density at radius 1 is 0.833 bits per heavy atom. The number of nitrogen functional groups attached to an aromatic ring is 1. The minimum atomic E-state index is -1.80. The first-order chi connectivity index (χ1) is 20.3. The molecule has 0 radical (unpaired) electrons. The first-order valence-corrected chi connectivity index (χ1v) is 13.0. The molecule has 1 aliphatic heterocycles. The molecule has 214 valence electrons. The molecule has 4 aromatic rings. The lowest BCUT2D eigenvalue weighted by Crippen LogP contribution is -2.51. The van der Waals surface area contributed by atoms with E-state index in [-0.39, 0.29) is 16.9 Å². The van der Waals surface area contributed by atoms with Gasteiger partial charge in [-0.05, 0) is 49.4 Å². The van der Waals surface area contributed by atoms with E-state index in [1.165, 1.54) is 19.2 Å². The smallest absolute Gasteiger partial charge is 0.351 e. The molecule has 0 bridgehead atoms. The van der Waals surface area contributed by atoms with E-state index in [9.17, 15) is 19.2 Å². The van der Waals surface area contributed by atoms with Gasteiger partial charge in [-0.3, -0.25) is 4.57 Å². The number of nitrogens with two attached hydrogens (primary N) is 1. The van der Waals surface area contributed by atoms with Gasteiger partial charge in [-0.25, -0.2) is 19.2 Å². The van der Waals surface area contributed by atoms with Crippen LogP contribution in [0, 0.1) is 0 Å². The summed E-state index contributed by atoms with van der Waals surface area (Å²) in [6, 6.07) is 26.0. The molecule has 0 saturated carbocycles. The Hall–Kier alpha value is -5.29. The second-order valence-corrected chi connectivity index (χ2v) is 9.66. The third kappa shape index (κ3) is 5.91. The zero-order valence-corrected chi connectivity index (χ0v) is 22.5. The van der Waals surface area contributed by atoms with E-state index >= 15 is 0 Å². The standard InChI is InChI=1S/C31H27N3O8/c1-31(42-28(37)22-15-9-4-10-16-22)25(41-27(36)21-13-7-3-8-14-21)23(19-39-26(35)20-11-5-2-6-12-20)40-29(31)34-18-17-24(32)33-30(34)38/h2-18,23,25,29H,19H2,1H3,(H2,32,33,38)/t23-,25+,29-,31-/m1/s1. The maximum absolute atomic E-state index is 13.4. The molecule has 11 nitrogen and oxygen atoms in total. The van der Waals surface area contributed by atoms with E-state index in [2.05, 4.69) is 4.98 Å². The van der Waals surface area contributed by atoms with Crippen LogP contribution in [0.4, 0.5) is 5.82 Å². The Bertz CT molecular complexity index is 1630. The molecule has 2 heterocycles. The van der Waals surface area contributed by atoms with Gasteiger partial charge in [0.2, 0.25) is 0 Å². The number of carbonyl (C=O) groups is 3. The molecule has 0 spiro atoms. The van der Waals surface area contributed by atoms with Crippen molar-refractivity contribution in [2.45, 2.75) is 31.0 Å². The molecule has 11 heteroatoms. The van der Waals surface area contributed by atoms with Crippen molar-refractivity contribution in [1.29, 1.82) is 0 Å². The first kappa shape index (κ1) is 28.2. The second kappa shape index (κ2) is 12.1. The van der Waals surface area contributed by atoms with Crippen LogP contribution < -0.4 is 11.4 Å². The predicted molar refractivity (Wildman–Crippen MR) is 149 cm³/mol. The topological polar surface area (TPSA) is 149 Å². The van der Waals surface area contributed by atoms with Gasteiger partial charge in [-0.2, -0.15) is 4.98 Å². The van der Waals surface area contributed by atoms with E-state index in [1.807, 2.05) is 0 Å². The largest absolute Gasteiger partial charge is 0.459 e. The highest BCUT2D eigenvalue weighted by molar-refractivity contribution is 5.91. The molecular formula is C31H27N3O8. The summed E-state index contributed by atoms with van der Waals surface area (Å²) in [6.07, 6.45) is -2.51. The van der Waals surface area contributed by atoms with Gasteiger partial charge in [0.1, 0.15) is 18.5 Å².